The van der Waals surface area contributed by atoms with E-state index in [0.29, 0.717) is 17.5 Å². The van der Waals surface area contributed by atoms with Gasteiger partial charge in [-0.15, -0.1) is 6.58 Å². The first-order valence-corrected chi connectivity index (χ1v) is 9.89. The Bertz CT molecular complexity index is 643. The molecule has 1 heterocycles. The number of rotatable bonds is 9. The Balaban J connectivity index is 1.95. The van der Waals surface area contributed by atoms with E-state index >= 15 is 0 Å². The summed E-state index contributed by atoms with van der Waals surface area (Å²) in [5, 5.41) is 17.3. The van der Waals surface area contributed by atoms with Crippen LogP contribution in [0.3, 0.4) is 0 Å². The summed E-state index contributed by atoms with van der Waals surface area (Å²) >= 11 is 0. The molecular weight excluding hydrogens is 356 g/mol. The Hall–Kier alpha value is -2.25. The van der Waals surface area contributed by atoms with Gasteiger partial charge >= 0.3 is 0 Å². The van der Waals surface area contributed by atoms with Gasteiger partial charge < -0.3 is 25.2 Å². The van der Waals surface area contributed by atoms with Crippen LogP contribution in [0, 0.1) is 0 Å². The summed E-state index contributed by atoms with van der Waals surface area (Å²) in [5.41, 5.74) is 0.745. The van der Waals surface area contributed by atoms with E-state index in [2.05, 4.69) is 27.1 Å². The fourth-order valence-electron chi connectivity index (χ4n) is 3.30. The number of aliphatic hydroxyl groups excluding tert-OH is 1. The second-order valence-electron chi connectivity index (χ2n) is 6.86. The van der Waals surface area contributed by atoms with Crippen LogP contribution in [-0.2, 0) is 0 Å². The molecule has 0 amide bonds. The molecule has 28 heavy (non-hydrogen) atoms. The molecule has 0 aromatic heterocycles. The van der Waals surface area contributed by atoms with Crippen molar-refractivity contribution in [2.75, 3.05) is 46.9 Å². The fraction of sp³-hybridized carbons (Fsp3) is 0.571. The smallest absolute Gasteiger partial charge is 0.191 e. The average molecular weight is 391 g/mol. The molecule has 1 fully saturated rings. The molecule has 1 aliphatic rings. The number of likely N-dealkylation sites (tertiary alicyclic amines) is 1. The Morgan fingerprint density at radius 3 is 2.64 bits per heavy atom. The second-order valence-corrected chi connectivity index (χ2v) is 6.86. The van der Waals surface area contributed by atoms with E-state index in [1.807, 2.05) is 19.1 Å². The highest BCUT2D eigenvalue weighted by molar-refractivity contribution is 5.80. The van der Waals surface area contributed by atoms with Gasteiger partial charge in [0.25, 0.3) is 0 Å². The predicted molar refractivity (Wildman–Crippen MR) is 113 cm³/mol. The van der Waals surface area contributed by atoms with Crippen molar-refractivity contribution in [2.45, 2.75) is 31.9 Å². The summed E-state index contributed by atoms with van der Waals surface area (Å²) in [6.07, 6.45) is 3.37. The van der Waals surface area contributed by atoms with Gasteiger partial charge in [0.1, 0.15) is 0 Å². The topological polar surface area (TPSA) is 78.4 Å². The molecule has 0 saturated carbocycles. The molecule has 1 saturated heterocycles. The zero-order chi connectivity index (χ0) is 20.4. The number of aliphatic hydroxyl groups is 1. The third-order valence-corrected chi connectivity index (χ3v) is 4.87. The summed E-state index contributed by atoms with van der Waals surface area (Å²) in [5.74, 6) is 1.98. The van der Waals surface area contributed by atoms with Crippen molar-refractivity contribution >= 4 is 5.96 Å². The second kappa shape index (κ2) is 11.6. The first kappa shape index (κ1) is 22.0. The number of nitrogens with one attached hydrogen (secondary N) is 2. The number of hydrogen-bond acceptors (Lipinski definition) is 5. The van der Waals surface area contributed by atoms with Crippen LogP contribution in [0.15, 0.2) is 35.8 Å². The molecule has 1 aromatic carbocycles. The number of piperidine rings is 1. The average Bonchev–Trinajstić information content (AvgIpc) is 2.73. The molecule has 156 valence electrons. The molecule has 1 aromatic rings. The molecule has 7 heteroatoms. The van der Waals surface area contributed by atoms with Crippen molar-refractivity contribution in [3.05, 3.63) is 36.4 Å². The normalized spacial score (nSPS) is 17.1. The third kappa shape index (κ3) is 6.42. The van der Waals surface area contributed by atoms with Gasteiger partial charge in [0, 0.05) is 32.2 Å². The van der Waals surface area contributed by atoms with Crippen molar-refractivity contribution < 1.29 is 14.6 Å². The van der Waals surface area contributed by atoms with Crippen molar-refractivity contribution in [2.24, 2.45) is 4.99 Å². The minimum absolute atomic E-state index is 0.264. The highest BCUT2D eigenvalue weighted by atomic mass is 16.5. The Morgan fingerprint density at radius 1 is 1.32 bits per heavy atom. The number of benzene rings is 1. The van der Waals surface area contributed by atoms with Crippen LogP contribution in [-0.4, -0.2) is 69.0 Å². The van der Waals surface area contributed by atoms with E-state index < -0.39 is 6.10 Å². The monoisotopic (exact) mass is 390 g/mol. The summed E-state index contributed by atoms with van der Waals surface area (Å²) in [6.45, 7) is 9.93. The van der Waals surface area contributed by atoms with Crippen LogP contribution in [0.25, 0.3) is 0 Å². The molecule has 0 aliphatic carbocycles. The molecule has 0 spiro atoms. The third-order valence-electron chi connectivity index (χ3n) is 4.87. The van der Waals surface area contributed by atoms with Gasteiger partial charge in [-0.3, -0.25) is 9.89 Å². The van der Waals surface area contributed by atoms with E-state index in [4.69, 9.17) is 9.47 Å². The lowest BCUT2D eigenvalue weighted by atomic mass is 10.1. The number of aliphatic imine (C=N–C) groups is 1. The van der Waals surface area contributed by atoms with E-state index in [0.717, 1.165) is 50.5 Å². The largest absolute Gasteiger partial charge is 0.493 e. The fourth-order valence-corrected chi connectivity index (χ4v) is 3.30. The Labute approximate surface area is 168 Å². The van der Waals surface area contributed by atoms with Gasteiger partial charge in [0.2, 0.25) is 0 Å². The lowest BCUT2D eigenvalue weighted by Gasteiger charge is -2.32. The van der Waals surface area contributed by atoms with Crippen LogP contribution in [0.4, 0.5) is 0 Å². The minimum Gasteiger partial charge on any atom is -0.493 e. The van der Waals surface area contributed by atoms with Crippen molar-refractivity contribution in [3.63, 3.8) is 0 Å². The van der Waals surface area contributed by atoms with E-state index in [9.17, 15) is 5.11 Å². The van der Waals surface area contributed by atoms with Gasteiger partial charge in [0.05, 0.1) is 26.9 Å². The van der Waals surface area contributed by atoms with Crippen molar-refractivity contribution in [1.29, 1.82) is 0 Å². The molecule has 7 nitrogen and oxygen atoms in total. The SMILES string of the molecule is C=CCN1CCC(NC(=NCC(O)c2ccc(OC)c(OC)c2)NCC)CC1. The van der Waals surface area contributed by atoms with E-state index in [-0.39, 0.29) is 6.54 Å². The molecule has 1 unspecified atom stereocenters. The van der Waals surface area contributed by atoms with E-state index in [1.54, 1.807) is 26.4 Å². The van der Waals surface area contributed by atoms with Gasteiger partial charge in [-0.05, 0) is 37.5 Å². The maximum atomic E-state index is 10.5. The highest BCUT2D eigenvalue weighted by Gasteiger charge is 2.19. The lowest BCUT2D eigenvalue weighted by Crippen LogP contribution is -2.48. The summed E-state index contributed by atoms with van der Waals surface area (Å²) in [4.78, 5) is 6.98. The number of nitrogens with zero attached hydrogens (tertiary/aromatic N) is 2. The molecular formula is C21H34N4O3. The summed E-state index contributed by atoms with van der Waals surface area (Å²) in [6, 6.07) is 5.80. The predicted octanol–water partition coefficient (Wildman–Crippen LogP) is 1.94. The molecule has 3 N–H and O–H groups in total. The molecule has 1 aliphatic heterocycles. The van der Waals surface area contributed by atoms with Gasteiger partial charge in [0.15, 0.2) is 17.5 Å². The van der Waals surface area contributed by atoms with Crippen LogP contribution >= 0.6 is 0 Å². The Morgan fingerprint density at radius 2 is 2.04 bits per heavy atom. The number of guanidine groups is 1. The maximum Gasteiger partial charge on any atom is 0.191 e. The van der Waals surface area contributed by atoms with Crippen LogP contribution < -0.4 is 20.1 Å². The Kier molecular flexibility index (Phi) is 9.10. The van der Waals surface area contributed by atoms with Crippen molar-refractivity contribution in [3.8, 4) is 11.5 Å². The van der Waals surface area contributed by atoms with E-state index in [1.165, 1.54) is 0 Å². The summed E-state index contributed by atoms with van der Waals surface area (Å²) in [7, 11) is 3.17. The molecule has 2 rings (SSSR count). The quantitative estimate of drug-likeness (QED) is 0.340. The lowest BCUT2D eigenvalue weighted by molar-refractivity contribution is 0.186. The van der Waals surface area contributed by atoms with Crippen LogP contribution in [0.1, 0.15) is 31.4 Å². The minimum atomic E-state index is -0.718. The number of hydrogen-bond donors (Lipinski definition) is 3. The first-order chi connectivity index (χ1) is 13.6. The zero-order valence-electron chi connectivity index (χ0n) is 17.3. The van der Waals surface area contributed by atoms with Crippen LogP contribution in [0.2, 0.25) is 0 Å². The standard InChI is InChI=1S/C21H34N4O3/c1-5-11-25-12-9-17(10-13-25)24-21(22-6-2)23-15-18(26)16-7-8-19(27-3)20(14-16)28-4/h5,7-8,14,17-18,26H,1,6,9-13,15H2,2-4H3,(H2,22,23,24). The molecule has 0 bridgehead atoms. The zero-order valence-corrected chi connectivity index (χ0v) is 17.3. The first-order valence-electron chi connectivity index (χ1n) is 9.89. The number of methoxy groups -OCH3 is 2. The van der Waals surface area contributed by atoms with Crippen LogP contribution in [0.5, 0.6) is 11.5 Å². The van der Waals surface area contributed by atoms with Gasteiger partial charge in [-0.25, -0.2) is 0 Å². The van der Waals surface area contributed by atoms with Gasteiger partial charge in [-0.2, -0.15) is 0 Å². The molecule has 1 atom stereocenters. The van der Waals surface area contributed by atoms with Crippen molar-refractivity contribution in [1.82, 2.24) is 15.5 Å². The summed E-state index contributed by atoms with van der Waals surface area (Å²) < 4.78 is 10.6. The molecule has 0 radical (unpaired) electrons. The maximum absolute atomic E-state index is 10.5. The number of ether oxygens (including phenoxy) is 2. The highest BCUT2D eigenvalue weighted by Crippen LogP contribution is 2.30. The van der Waals surface area contributed by atoms with Gasteiger partial charge in [-0.1, -0.05) is 12.1 Å².